The van der Waals surface area contributed by atoms with Gasteiger partial charge in [0.05, 0.1) is 52.9 Å². The molecule has 0 bridgehead atoms. The summed E-state index contributed by atoms with van der Waals surface area (Å²) in [6.07, 6.45) is 0. The minimum absolute atomic E-state index is 0.595. The van der Waals surface area contributed by atoms with Crippen molar-refractivity contribution in [2.45, 2.75) is 0 Å². The van der Waals surface area contributed by atoms with Gasteiger partial charge in [0, 0.05) is 14.2 Å². The molecule has 9 heteroatoms. The molecule has 0 unspecified atom stereocenters. The van der Waals surface area contributed by atoms with E-state index in [0.29, 0.717) is 52.9 Å². The van der Waals surface area contributed by atoms with Gasteiger partial charge >= 0.3 is 7.54 Å². The van der Waals surface area contributed by atoms with Crippen LogP contribution < -0.4 is 0 Å². The van der Waals surface area contributed by atoms with Crippen LogP contribution in [-0.2, 0) is 23.7 Å². The monoisotopic (exact) mass is 290 g/mol. The highest BCUT2D eigenvalue weighted by atomic mass is 19.4. The Balaban J connectivity index is 0. The zero-order chi connectivity index (χ0) is 14.8. The van der Waals surface area contributed by atoms with E-state index in [9.17, 15) is 12.9 Å². The lowest BCUT2D eigenvalue weighted by atomic mass is 10.5. The molecule has 0 saturated carbocycles. The van der Waals surface area contributed by atoms with Gasteiger partial charge in [-0.25, -0.2) is 0 Å². The molecule has 116 valence electrons. The van der Waals surface area contributed by atoms with Gasteiger partial charge in [0.15, 0.2) is 0 Å². The zero-order valence-corrected chi connectivity index (χ0v) is 11.4. The van der Waals surface area contributed by atoms with Crippen molar-refractivity contribution >= 4 is 7.54 Å². The van der Waals surface area contributed by atoms with Crippen LogP contribution in [0.25, 0.3) is 0 Å². The van der Waals surface area contributed by atoms with Crippen LogP contribution in [0.5, 0.6) is 0 Å². The van der Waals surface area contributed by atoms with Crippen molar-refractivity contribution in [3.8, 4) is 0 Å². The Labute approximate surface area is 112 Å². The lowest BCUT2D eigenvalue weighted by Crippen LogP contribution is -2.12. The van der Waals surface area contributed by atoms with Crippen molar-refractivity contribution in [3.05, 3.63) is 0 Å². The van der Waals surface area contributed by atoms with Gasteiger partial charge in [-0.05, 0) is 0 Å². The van der Waals surface area contributed by atoms with Gasteiger partial charge in [-0.15, -0.1) is 0 Å². The van der Waals surface area contributed by atoms with Crippen molar-refractivity contribution < 1.29 is 36.6 Å². The fraction of sp³-hybridized carbons (Fsp3) is 1.00. The molecular weight excluding hydrogens is 268 g/mol. The Kier molecular flexibility index (Phi) is 22.0. The number of halogens is 3. The van der Waals surface area contributed by atoms with Gasteiger partial charge in [-0.1, -0.05) is 0 Å². The van der Waals surface area contributed by atoms with Crippen LogP contribution in [0.2, 0.25) is 0 Å². The molecule has 0 saturated heterocycles. The summed E-state index contributed by atoms with van der Waals surface area (Å²) >= 11 is 0. The Morgan fingerprint density at radius 2 is 0.789 bits per heavy atom. The van der Waals surface area contributed by atoms with Crippen molar-refractivity contribution in [2.24, 2.45) is 0 Å². The number of rotatable bonds is 12. The van der Waals surface area contributed by atoms with E-state index in [0.717, 1.165) is 0 Å². The summed E-state index contributed by atoms with van der Waals surface area (Å²) < 4.78 is 54.3. The molecule has 0 aliphatic rings. The van der Waals surface area contributed by atoms with E-state index in [2.05, 4.69) is 0 Å². The van der Waals surface area contributed by atoms with E-state index >= 15 is 0 Å². The van der Waals surface area contributed by atoms with Crippen LogP contribution in [0.15, 0.2) is 0 Å². The molecular formula is C10H22BF3O5. The summed E-state index contributed by atoms with van der Waals surface area (Å²) in [5.74, 6) is 0. The van der Waals surface area contributed by atoms with Crippen LogP contribution >= 0.6 is 0 Å². The molecule has 0 fully saturated rings. The summed E-state index contributed by atoms with van der Waals surface area (Å²) in [6.45, 7) is 4.87. The fourth-order valence-electron chi connectivity index (χ4n) is 0.826. The third-order valence-electron chi connectivity index (χ3n) is 1.61. The first-order valence-corrected chi connectivity index (χ1v) is 5.78. The van der Waals surface area contributed by atoms with Crippen molar-refractivity contribution in [1.82, 2.24) is 0 Å². The Morgan fingerprint density at radius 3 is 1.00 bits per heavy atom. The second-order valence-corrected chi connectivity index (χ2v) is 3.07. The summed E-state index contributed by atoms with van der Waals surface area (Å²) in [5.41, 5.74) is 0. The largest absolute Gasteiger partial charge is 0.762 e. The molecule has 0 aliphatic carbocycles. The average molecular weight is 290 g/mol. The third-order valence-corrected chi connectivity index (χ3v) is 1.61. The Hall–Kier alpha value is -0.345. The highest BCUT2D eigenvalue weighted by Crippen LogP contribution is 1.82. The molecule has 0 aliphatic heterocycles. The number of hydrogen-bond acceptors (Lipinski definition) is 5. The van der Waals surface area contributed by atoms with Crippen LogP contribution in [0, 0.1) is 0 Å². The Bertz CT molecular complexity index is 142. The van der Waals surface area contributed by atoms with Crippen LogP contribution in [0.1, 0.15) is 0 Å². The summed E-state index contributed by atoms with van der Waals surface area (Å²) in [4.78, 5) is 0. The maximum absolute atomic E-state index is 9.67. The first-order valence-electron chi connectivity index (χ1n) is 5.78. The topological polar surface area (TPSA) is 46.2 Å². The molecule has 0 amide bonds. The highest BCUT2D eigenvalue weighted by Gasteiger charge is 2.06. The summed E-state index contributed by atoms with van der Waals surface area (Å²) in [6, 6.07) is 0. The molecule has 0 rings (SSSR count). The van der Waals surface area contributed by atoms with E-state index in [4.69, 9.17) is 23.7 Å². The minimum atomic E-state index is -3.67. The maximum atomic E-state index is 9.67. The maximum Gasteiger partial charge on any atom is 0.762 e. The summed E-state index contributed by atoms with van der Waals surface area (Å²) in [7, 11) is -0.367. The lowest BCUT2D eigenvalue weighted by Gasteiger charge is -2.06. The first kappa shape index (κ1) is 21.0. The standard InChI is InChI=1S/C10H22O5.BF3/c1-11-3-5-13-7-9-15-10-8-14-6-4-12-2;2-1(3)4/h3-10H2,1-2H3;. The molecule has 0 aromatic rings. The fourth-order valence-corrected chi connectivity index (χ4v) is 0.826. The van der Waals surface area contributed by atoms with E-state index < -0.39 is 7.54 Å². The second kappa shape index (κ2) is 20.0. The van der Waals surface area contributed by atoms with Crippen LogP contribution in [0.3, 0.4) is 0 Å². The van der Waals surface area contributed by atoms with Gasteiger partial charge in [0.2, 0.25) is 0 Å². The Morgan fingerprint density at radius 1 is 0.579 bits per heavy atom. The third kappa shape index (κ3) is 31.9. The minimum Gasteiger partial charge on any atom is -0.382 e. The molecule has 5 nitrogen and oxygen atoms in total. The highest BCUT2D eigenvalue weighted by molar-refractivity contribution is 6.33. The number of hydrogen-bond donors (Lipinski definition) is 0. The van der Waals surface area contributed by atoms with Crippen molar-refractivity contribution in [3.63, 3.8) is 0 Å². The molecule has 0 spiro atoms. The lowest BCUT2D eigenvalue weighted by molar-refractivity contribution is -0.00380. The summed E-state index contributed by atoms with van der Waals surface area (Å²) in [5, 5.41) is 0. The smallest absolute Gasteiger partial charge is 0.382 e. The molecule has 0 aromatic heterocycles. The van der Waals surface area contributed by atoms with E-state index in [-0.39, 0.29) is 0 Å². The molecule has 0 aromatic carbocycles. The average Bonchev–Trinajstić information content (AvgIpc) is 2.35. The molecule has 0 N–H and O–H groups in total. The predicted octanol–water partition coefficient (Wildman–Crippen LogP) is 1.21. The number of ether oxygens (including phenoxy) is 5. The van der Waals surface area contributed by atoms with Crippen molar-refractivity contribution in [2.75, 3.05) is 67.1 Å². The first-order chi connectivity index (χ1) is 9.15. The van der Waals surface area contributed by atoms with Gasteiger partial charge < -0.3 is 23.7 Å². The quantitative estimate of drug-likeness (QED) is 0.399. The van der Waals surface area contributed by atoms with E-state index in [1.54, 1.807) is 14.2 Å². The predicted molar refractivity (Wildman–Crippen MR) is 65.3 cm³/mol. The normalized spacial score (nSPS) is 9.95. The van der Waals surface area contributed by atoms with Gasteiger partial charge in [0.1, 0.15) is 0 Å². The molecule has 0 heterocycles. The van der Waals surface area contributed by atoms with Gasteiger partial charge in [-0.3, -0.25) is 12.9 Å². The van der Waals surface area contributed by atoms with Crippen LogP contribution in [0.4, 0.5) is 12.9 Å². The van der Waals surface area contributed by atoms with Gasteiger partial charge in [0.25, 0.3) is 0 Å². The SMILES string of the molecule is COCCOCCOCCOCCOC.FB(F)F. The molecule has 19 heavy (non-hydrogen) atoms. The zero-order valence-electron chi connectivity index (χ0n) is 11.4. The van der Waals surface area contributed by atoms with E-state index in [1.807, 2.05) is 0 Å². The van der Waals surface area contributed by atoms with E-state index in [1.165, 1.54) is 0 Å². The second-order valence-electron chi connectivity index (χ2n) is 3.07. The molecule has 0 atom stereocenters. The molecule has 0 radical (unpaired) electrons. The van der Waals surface area contributed by atoms with Gasteiger partial charge in [-0.2, -0.15) is 0 Å². The van der Waals surface area contributed by atoms with Crippen molar-refractivity contribution in [1.29, 1.82) is 0 Å². The van der Waals surface area contributed by atoms with Crippen LogP contribution in [-0.4, -0.2) is 74.6 Å². The number of methoxy groups -OCH3 is 2.